The Bertz CT molecular complexity index is 188. The van der Waals surface area contributed by atoms with Crippen LogP contribution in [0.3, 0.4) is 0 Å². The highest BCUT2D eigenvalue weighted by molar-refractivity contribution is 7.78. The first-order valence-corrected chi connectivity index (χ1v) is 6.36. The Morgan fingerprint density at radius 3 is 1.65 bits per heavy atom. The first-order chi connectivity index (χ1) is 8.10. The average Bonchev–Trinajstić information content (AvgIpc) is 2.25. The van der Waals surface area contributed by atoms with E-state index in [1.807, 2.05) is 0 Å². The second-order valence-electron chi connectivity index (χ2n) is 3.24. The van der Waals surface area contributed by atoms with Crippen molar-refractivity contribution < 1.29 is 10.2 Å². The molecule has 0 fully saturated rings. The minimum Gasteiger partial charge on any atom is -0.368 e. The Balaban J connectivity index is -0.000000273. The molecule has 0 spiro atoms. The molecule has 0 amide bonds. The number of unbranched alkanes of at least 4 members (excludes halogenated alkanes) is 5. The molecular weight excluding hydrogens is 256 g/mol. The summed E-state index contributed by atoms with van der Waals surface area (Å²) in [6, 6.07) is 0. The summed E-state index contributed by atoms with van der Waals surface area (Å²) in [5.41, 5.74) is 0. The Hall–Kier alpha value is -0.480. The normalized spacial score (nSPS) is 8.00. The van der Waals surface area contributed by atoms with Crippen LogP contribution in [0.25, 0.3) is 0 Å². The zero-order chi connectivity index (χ0) is 13.9. The van der Waals surface area contributed by atoms with E-state index in [9.17, 15) is 0 Å². The third-order valence-electron chi connectivity index (χ3n) is 1.82. The van der Waals surface area contributed by atoms with E-state index in [1.54, 1.807) is 10.3 Å². The standard InChI is InChI=1S/C9H20O2.2CHNS/c1-2-3-4-5-6-7-8-9(10)11;2*2-1-3/h9-11H,2-8H2,1H3;2*2H. The summed E-state index contributed by atoms with van der Waals surface area (Å²) in [5, 5.41) is 31.7. The number of nitrogens with one attached hydrogen (secondary N) is 2. The SMILES string of the molecule is CCCCCCCCC(O)O.N=C=S.N=C=S. The highest BCUT2D eigenvalue weighted by Crippen LogP contribution is 2.07. The predicted molar refractivity (Wildman–Crippen MR) is 76.9 cm³/mol. The Labute approximate surface area is 114 Å². The molecule has 0 heterocycles. The lowest BCUT2D eigenvalue weighted by Crippen LogP contribution is -2.02. The molecule has 0 saturated carbocycles. The molecule has 4 nitrogen and oxygen atoms in total. The monoisotopic (exact) mass is 278 g/mol. The summed E-state index contributed by atoms with van der Waals surface area (Å²) in [4.78, 5) is 0. The van der Waals surface area contributed by atoms with Gasteiger partial charge in [0.25, 0.3) is 0 Å². The van der Waals surface area contributed by atoms with E-state index in [0.29, 0.717) is 6.42 Å². The quantitative estimate of drug-likeness (QED) is 0.249. The summed E-state index contributed by atoms with van der Waals surface area (Å²) in [6.45, 7) is 2.19. The van der Waals surface area contributed by atoms with Gasteiger partial charge in [-0.3, -0.25) is 0 Å². The second kappa shape index (κ2) is 24.7. The molecular formula is C11H22N2O2S2. The van der Waals surface area contributed by atoms with Crippen molar-refractivity contribution in [2.75, 3.05) is 0 Å². The average molecular weight is 278 g/mol. The van der Waals surface area contributed by atoms with Crippen molar-refractivity contribution in [1.29, 1.82) is 10.8 Å². The van der Waals surface area contributed by atoms with Gasteiger partial charge in [0.1, 0.15) is 0 Å². The van der Waals surface area contributed by atoms with E-state index in [2.05, 4.69) is 31.4 Å². The van der Waals surface area contributed by atoms with Crippen LogP contribution in [0.4, 0.5) is 0 Å². The van der Waals surface area contributed by atoms with E-state index < -0.39 is 6.29 Å². The predicted octanol–water partition coefficient (Wildman–Crippen LogP) is 3.38. The molecule has 0 aliphatic heterocycles. The molecule has 0 aromatic rings. The number of thiocarbonyl (C=S) groups is 2. The molecule has 0 aromatic heterocycles. The van der Waals surface area contributed by atoms with Crippen molar-refractivity contribution in [2.45, 2.75) is 58.2 Å². The van der Waals surface area contributed by atoms with Crippen molar-refractivity contribution >= 4 is 34.8 Å². The minimum atomic E-state index is -1.10. The third-order valence-corrected chi connectivity index (χ3v) is 1.82. The van der Waals surface area contributed by atoms with Gasteiger partial charge in [0.15, 0.2) is 6.29 Å². The highest BCUT2D eigenvalue weighted by atomic mass is 32.1. The van der Waals surface area contributed by atoms with Crippen LogP contribution in [0.2, 0.25) is 0 Å². The first kappa shape index (κ1) is 21.8. The lowest BCUT2D eigenvalue weighted by Gasteiger charge is -2.02. The molecule has 0 aliphatic carbocycles. The van der Waals surface area contributed by atoms with Gasteiger partial charge in [0.2, 0.25) is 0 Å². The highest BCUT2D eigenvalue weighted by Gasteiger charge is 1.95. The summed E-state index contributed by atoms with van der Waals surface area (Å²) in [7, 11) is 0. The molecule has 0 bridgehead atoms. The summed E-state index contributed by atoms with van der Waals surface area (Å²) >= 11 is 7.62. The topological polar surface area (TPSA) is 88.2 Å². The van der Waals surface area contributed by atoms with Crippen LogP contribution in [-0.2, 0) is 0 Å². The molecule has 0 aromatic carbocycles. The number of rotatable bonds is 7. The molecule has 0 radical (unpaired) electrons. The van der Waals surface area contributed by atoms with Gasteiger partial charge in [-0.2, -0.15) is 0 Å². The molecule has 0 unspecified atom stereocenters. The van der Waals surface area contributed by atoms with Crippen molar-refractivity contribution in [3.8, 4) is 0 Å². The number of aliphatic hydroxyl groups is 2. The van der Waals surface area contributed by atoms with Gasteiger partial charge >= 0.3 is 0 Å². The zero-order valence-electron chi connectivity index (χ0n) is 10.2. The lowest BCUT2D eigenvalue weighted by molar-refractivity contribution is -0.0466. The van der Waals surface area contributed by atoms with Gasteiger partial charge in [0.05, 0.1) is 10.3 Å². The molecule has 0 saturated heterocycles. The van der Waals surface area contributed by atoms with Gasteiger partial charge in [-0.1, -0.05) is 39.0 Å². The smallest absolute Gasteiger partial charge is 0.151 e. The molecule has 17 heavy (non-hydrogen) atoms. The van der Waals surface area contributed by atoms with Crippen LogP contribution >= 0.6 is 24.4 Å². The lowest BCUT2D eigenvalue weighted by atomic mass is 10.1. The van der Waals surface area contributed by atoms with E-state index >= 15 is 0 Å². The fourth-order valence-corrected chi connectivity index (χ4v) is 1.11. The van der Waals surface area contributed by atoms with Crippen LogP contribution < -0.4 is 0 Å². The fraction of sp³-hybridized carbons (Fsp3) is 0.818. The second-order valence-corrected chi connectivity index (χ2v) is 3.65. The van der Waals surface area contributed by atoms with E-state index in [-0.39, 0.29) is 0 Å². The molecule has 4 N–H and O–H groups in total. The number of hydrogen-bond acceptors (Lipinski definition) is 6. The maximum absolute atomic E-state index is 8.51. The summed E-state index contributed by atoms with van der Waals surface area (Å²) in [6.07, 6.45) is 6.62. The van der Waals surface area contributed by atoms with Crippen LogP contribution in [0.5, 0.6) is 0 Å². The van der Waals surface area contributed by atoms with Crippen LogP contribution in [0.15, 0.2) is 0 Å². The zero-order valence-corrected chi connectivity index (χ0v) is 11.9. The van der Waals surface area contributed by atoms with Gasteiger partial charge in [-0.05, 0) is 37.3 Å². The largest absolute Gasteiger partial charge is 0.368 e. The maximum Gasteiger partial charge on any atom is 0.151 e. The van der Waals surface area contributed by atoms with Crippen LogP contribution in [0.1, 0.15) is 51.9 Å². The molecule has 0 aliphatic rings. The Morgan fingerprint density at radius 1 is 0.941 bits per heavy atom. The van der Waals surface area contributed by atoms with Crippen LogP contribution in [0, 0.1) is 10.8 Å². The van der Waals surface area contributed by atoms with Crippen molar-refractivity contribution in [1.82, 2.24) is 0 Å². The van der Waals surface area contributed by atoms with Crippen LogP contribution in [-0.4, -0.2) is 26.8 Å². The van der Waals surface area contributed by atoms with E-state index in [4.69, 9.17) is 21.0 Å². The molecule has 100 valence electrons. The molecule has 6 heteroatoms. The Morgan fingerprint density at radius 2 is 1.29 bits per heavy atom. The number of aliphatic hydroxyl groups excluding tert-OH is 1. The van der Waals surface area contributed by atoms with Crippen molar-refractivity contribution in [3.63, 3.8) is 0 Å². The van der Waals surface area contributed by atoms with E-state index in [0.717, 1.165) is 12.8 Å². The van der Waals surface area contributed by atoms with E-state index in [1.165, 1.54) is 25.7 Å². The summed E-state index contributed by atoms with van der Waals surface area (Å²) < 4.78 is 0. The summed E-state index contributed by atoms with van der Waals surface area (Å²) in [5.74, 6) is 0. The van der Waals surface area contributed by atoms with Gasteiger partial charge in [-0.25, -0.2) is 10.8 Å². The van der Waals surface area contributed by atoms with Gasteiger partial charge in [0, 0.05) is 0 Å². The van der Waals surface area contributed by atoms with Crippen molar-refractivity contribution in [2.24, 2.45) is 0 Å². The fourth-order valence-electron chi connectivity index (χ4n) is 1.11. The maximum atomic E-state index is 8.51. The molecule has 0 rings (SSSR count). The third kappa shape index (κ3) is 50.2. The number of hydrogen-bond donors (Lipinski definition) is 4. The van der Waals surface area contributed by atoms with Crippen molar-refractivity contribution in [3.05, 3.63) is 0 Å². The van der Waals surface area contributed by atoms with Gasteiger partial charge in [-0.15, -0.1) is 0 Å². The minimum absolute atomic E-state index is 0.534. The number of isothiocyanates is 2. The Kier molecular flexibility index (Phi) is 31.6. The van der Waals surface area contributed by atoms with Gasteiger partial charge < -0.3 is 10.2 Å². The molecule has 0 atom stereocenters. The first-order valence-electron chi connectivity index (χ1n) is 5.54.